The average molecular weight is 266 g/mol. The Morgan fingerprint density at radius 2 is 1.94 bits per heavy atom. The number of rotatable bonds is 7. The van der Waals surface area contributed by atoms with Gasteiger partial charge in [0.05, 0.1) is 0 Å². The minimum Gasteiger partial charge on any atom is -0.349 e. The smallest absolute Gasteiger partial charge is 0.222 e. The van der Waals surface area contributed by atoms with Crippen LogP contribution in [0.4, 0.5) is 0 Å². The average Bonchev–Trinajstić information content (AvgIpc) is 2.37. The molecule has 3 nitrogen and oxygen atoms in total. The predicted molar refractivity (Wildman–Crippen MR) is 77.9 cm³/mol. The van der Waals surface area contributed by atoms with Gasteiger partial charge in [-0.2, -0.15) is 0 Å². The number of benzene rings is 1. The van der Waals surface area contributed by atoms with Gasteiger partial charge in [0.15, 0.2) is 0 Å². The fraction of sp³-hybridized carbons (Fsp3) is 0.500. The van der Waals surface area contributed by atoms with Crippen LogP contribution >= 0.6 is 11.8 Å². The number of hydrogen-bond donors (Lipinski definition) is 1. The first-order valence-electron chi connectivity index (χ1n) is 6.26. The van der Waals surface area contributed by atoms with Gasteiger partial charge in [-0.3, -0.25) is 4.79 Å². The predicted octanol–water partition coefficient (Wildman–Crippen LogP) is 2.37. The van der Waals surface area contributed by atoms with E-state index in [1.807, 2.05) is 0 Å². The van der Waals surface area contributed by atoms with Crippen LogP contribution in [0.2, 0.25) is 0 Å². The number of carbonyl (C=O) groups excluding carboxylic acids is 1. The zero-order valence-corrected chi connectivity index (χ0v) is 12.2. The van der Waals surface area contributed by atoms with Crippen LogP contribution in [-0.4, -0.2) is 37.2 Å². The van der Waals surface area contributed by atoms with Gasteiger partial charge in [0.25, 0.3) is 0 Å². The van der Waals surface area contributed by atoms with Crippen LogP contribution in [-0.2, 0) is 11.3 Å². The lowest BCUT2D eigenvalue weighted by Crippen LogP contribution is -2.21. The normalized spacial score (nSPS) is 10.4. The van der Waals surface area contributed by atoms with Crippen molar-refractivity contribution in [1.82, 2.24) is 10.2 Å². The molecule has 0 atom stereocenters. The van der Waals surface area contributed by atoms with E-state index in [1.54, 1.807) is 30.8 Å². The van der Waals surface area contributed by atoms with E-state index in [0.717, 1.165) is 18.8 Å². The first-order chi connectivity index (χ1) is 8.63. The van der Waals surface area contributed by atoms with Gasteiger partial charge in [-0.15, -0.1) is 11.8 Å². The van der Waals surface area contributed by atoms with Crippen molar-refractivity contribution in [3.05, 3.63) is 29.8 Å². The summed E-state index contributed by atoms with van der Waals surface area (Å²) in [5, 5.41) is 3.30. The first kappa shape index (κ1) is 15.1. The van der Waals surface area contributed by atoms with Gasteiger partial charge >= 0.3 is 0 Å². The lowest BCUT2D eigenvalue weighted by Gasteiger charge is -2.09. The van der Waals surface area contributed by atoms with Crippen molar-refractivity contribution < 1.29 is 4.79 Å². The van der Waals surface area contributed by atoms with Crippen molar-refractivity contribution in [3.8, 4) is 0 Å². The summed E-state index contributed by atoms with van der Waals surface area (Å²) < 4.78 is 0. The second-order valence-electron chi connectivity index (χ2n) is 4.31. The summed E-state index contributed by atoms with van der Waals surface area (Å²) in [6.07, 6.45) is 0.594. The maximum absolute atomic E-state index is 11.4. The summed E-state index contributed by atoms with van der Waals surface area (Å²) in [7, 11) is 3.59. The molecule has 18 heavy (non-hydrogen) atoms. The largest absolute Gasteiger partial charge is 0.349 e. The molecule has 0 aliphatic rings. The van der Waals surface area contributed by atoms with Gasteiger partial charge in [-0.1, -0.05) is 19.1 Å². The molecule has 100 valence electrons. The van der Waals surface area contributed by atoms with E-state index in [9.17, 15) is 4.79 Å². The summed E-state index contributed by atoms with van der Waals surface area (Å²) in [4.78, 5) is 14.3. The van der Waals surface area contributed by atoms with Gasteiger partial charge in [0, 0.05) is 37.7 Å². The molecule has 0 saturated heterocycles. The molecule has 1 amide bonds. The zero-order chi connectivity index (χ0) is 13.4. The lowest BCUT2D eigenvalue weighted by atomic mass is 10.2. The maximum Gasteiger partial charge on any atom is 0.222 e. The third-order valence-corrected chi connectivity index (χ3v) is 3.60. The quantitative estimate of drug-likeness (QED) is 0.769. The minimum atomic E-state index is 0.186. The van der Waals surface area contributed by atoms with Crippen LogP contribution in [0.25, 0.3) is 0 Å². The number of carbonyl (C=O) groups is 1. The standard InChI is InChI=1S/C14H22N2OS/c1-4-15-11-12-5-7-13(8-6-12)18-10-9-14(17)16(2)3/h5-8,15H,4,9-11H2,1-3H3. The third kappa shape index (κ3) is 5.56. The number of hydrogen-bond acceptors (Lipinski definition) is 3. The molecular formula is C14H22N2OS. The molecule has 0 spiro atoms. The van der Waals surface area contributed by atoms with Crippen molar-refractivity contribution in [2.24, 2.45) is 0 Å². The van der Waals surface area contributed by atoms with E-state index in [0.29, 0.717) is 6.42 Å². The van der Waals surface area contributed by atoms with Crippen molar-refractivity contribution in [3.63, 3.8) is 0 Å². The Bertz CT molecular complexity index is 363. The van der Waals surface area contributed by atoms with E-state index in [-0.39, 0.29) is 5.91 Å². The molecule has 0 aromatic heterocycles. The van der Waals surface area contributed by atoms with Crippen LogP contribution in [0.3, 0.4) is 0 Å². The monoisotopic (exact) mass is 266 g/mol. The number of thioether (sulfide) groups is 1. The van der Waals surface area contributed by atoms with Crippen LogP contribution in [0.1, 0.15) is 18.9 Å². The molecule has 0 aliphatic heterocycles. The number of nitrogens with one attached hydrogen (secondary N) is 1. The van der Waals surface area contributed by atoms with Crippen molar-refractivity contribution in [2.75, 3.05) is 26.4 Å². The summed E-state index contributed by atoms with van der Waals surface area (Å²) in [6, 6.07) is 8.52. The highest BCUT2D eigenvalue weighted by atomic mass is 32.2. The third-order valence-electron chi connectivity index (χ3n) is 2.59. The molecule has 0 bridgehead atoms. The molecule has 1 rings (SSSR count). The first-order valence-corrected chi connectivity index (χ1v) is 7.24. The Kier molecular flexibility index (Phi) is 6.83. The molecule has 0 radical (unpaired) electrons. The molecule has 1 aromatic carbocycles. The van der Waals surface area contributed by atoms with Gasteiger partial charge in [-0.25, -0.2) is 0 Å². The summed E-state index contributed by atoms with van der Waals surface area (Å²) in [5.41, 5.74) is 1.30. The van der Waals surface area contributed by atoms with E-state index in [4.69, 9.17) is 0 Å². The Labute approximate surface area is 114 Å². The summed E-state index contributed by atoms with van der Waals surface area (Å²) in [6.45, 7) is 4.01. The Balaban J connectivity index is 2.33. The van der Waals surface area contributed by atoms with Crippen LogP contribution < -0.4 is 5.32 Å². The van der Waals surface area contributed by atoms with Crippen molar-refractivity contribution in [1.29, 1.82) is 0 Å². The van der Waals surface area contributed by atoms with Gasteiger partial charge < -0.3 is 10.2 Å². The van der Waals surface area contributed by atoms with Crippen LogP contribution in [0, 0.1) is 0 Å². The Hall–Kier alpha value is -1.00. The molecule has 4 heteroatoms. The fourth-order valence-electron chi connectivity index (χ4n) is 1.45. The highest BCUT2D eigenvalue weighted by Crippen LogP contribution is 2.19. The van der Waals surface area contributed by atoms with Crippen molar-refractivity contribution in [2.45, 2.75) is 24.8 Å². The molecule has 1 aromatic rings. The SMILES string of the molecule is CCNCc1ccc(SCCC(=O)N(C)C)cc1. The maximum atomic E-state index is 11.4. The zero-order valence-electron chi connectivity index (χ0n) is 11.4. The topological polar surface area (TPSA) is 32.3 Å². The van der Waals surface area contributed by atoms with E-state index in [1.165, 1.54) is 10.5 Å². The summed E-state index contributed by atoms with van der Waals surface area (Å²) >= 11 is 1.73. The number of amides is 1. The summed E-state index contributed by atoms with van der Waals surface area (Å²) in [5.74, 6) is 1.02. The van der Waals surface area contributed by atoms with E-state index >= 15 is 0 Å². The molecule has 0 aliphatic carbocycles. The van der Waals surface area contributed by atoms with E-state index < -0.39 is 0 Å². The number of nitrogens with zero attached hydrogens (tertiary/aromatic N) is 1. The van der Waals surface area contributed by atoms with Crippen LogP contribution in [0.5, 0.6) is 0 Å². The molecule has 1 N–H and O–H groups in total. The van der Waals surface area contributed by atoms with Gasteiger partial charge in [0.1, 0.15) is 0 Å². The second-order valence-corrected chi connectivity index (χ2v) is 5.48. The molecule has 0 saturated carbocycles. The van der Waals surface area contributed by atoms with Crippen molar-refractivity contribution >= 4 is 17.7 Å². The van der Waals surface area contributed by atoms with E-state index in [2.05, 4.69) is 36.5 Å². The van der Waals surface area contributed by atoms with Crippen LogP contribution in [0.15, 0.2) is 29.2 Å². The highest BCUT2D eigenvalue weighted by molar-refractivity contribution is 7.99. The highest BCUT2D eigenvalue weighted by Gasteiger charge is 2.03. The molecule has 0 heterocycles. The molecule has 0 unspecified atom stereocenters. The fourth-order valence-corrected chi connectivity index (χ4v) is 2.29. The molecular weight excluding hydrogens is 244 g/mol. The molecule has 0 fully saturated rings. The minimum absolute atomic E-state index is 0.186. The Morgan fingerprint density at radius 3 is 2.50 bits per heavy atom. The van der Waals surface area contributed by atoms with Gasteiger partial charge in [0.2, 0.25) is 5.91 Å². The lowest BCUT2D eigenvalue weighted by molar-refractivity contribution is -0.128. The van der Waals surface area contributed by atoms with Gasteiger partial charge in [-0.05, 0) is 24.2 Å². The second kappa shape index (κ2) is 8.16. The Morgan fingerprint density at radius 1 is 1.28 bits per heavy atom.